The highest BCUT2D eigenvalue weighted by atomic mass is 32.1. The van der Waals surface area contributed by atoms with Crippen molar-refractivity contribution in [1.29, 1.82) is 0 Å². The molecule has 1 aromatic heterocycles. The third kappa shape index (κ3) is 2.78. The van der Waals surface area contributed by atoms with Gasteiger partial charge in [0.15, 0.2) is 0 Å². The molecule has 1 aliphatic carbocycles. The molecular weight excluding hydrogens is 254 g/mol. The molecule has 4 heteroatoms. The largest absolute Gasteiger partial charge is 0.286 e. The topological polar surface area (TPSA) is 44.5 Å². The van der Waals surface area contributed by atoms with Crippen LogP contribution in [0.1, 0.15) is 41.3 Å². The average molecular weight is 273 g/mol. The van der Waals surface area contributed by atoms with Crippen LogP contribution in [0.15, 0.2) is 18.2 Å². The lowest BCUT2D eigenvalue weighted by atomic mass is 9.87. The van der Waals surface area contributed by atoms with Crippen molar-refractivity contribution in [1.82, 2.24) is 15.2 Å². The quantitative estimate of drug-likeness (QED) is 0.832. The monoisotopic (exact) mass is 273 g/mol. The van der Waals surface area contributed by atoms with E-state index < -0.39 is 0 Å². The first kappa shape index (κ1) is 12.6. The van der Waals surface area contributed by atoms with E-state index in [1.165, 1.54) is 29.5 Å². The minimum atomic E-state index is 0.547. The normalized spacial score (nSPS) is 16.5. The lowest BCUT2D eigenvalue weighted by Crippen LogP contribution is -2.09. The van der Waals surface area contributed by atoms with Crippen LogP contribution >= 0.6 is 12.2 Å². The van der Waals surface area contributed by atoms with E-state index in [9.17, 15) is 0 Å². The van der Waals surface area contributed by atoms with Crippen molar-refractivity contribution in [3.05, 3.63) is 45.5 Å². The number of benzene rings is 1. The Hall–Kier alpha value is -1.42. The summed E-state index contributed by atoms with van der Waals surface area (Å²) in [7, 11) is 0. The number of rotatable bonds is 4. The summed E-state index contributed by atoms with van der Waals surface area (Å²) in [6.45, 7) is 4.37. The van der Waals surface area contributed by atoms with Crippen molar-refractivity contribution in [3.63, 3.8) is 0 Å². The van der Waals surface area contributed by atoms with E-state index in [2.05, 4.69) is 47.2 Å². The first-order chi connectivity index (χ1) is 9.13. The van der Waals surface area contributed by atoms with Crippen LogP contribution in [0.4, 0.5) is 0 Å². The summed E-state index contributed by atoms with van der Waals surface area (Å²) in [5.74, 6) is 2.34. The van der Waals surface area contributed by atoms with E-state index >= 15 is 0 Å². The molecule has 1 aliphatic rings. The van der Waals surface area contributed by atoms with E-state index in [0.29, 0.717) is 10.7 Å². The second-order valence-electron chi connectivity index (χ2n) is 5.62. The molecule has 0 bridgehead atoms. The van der Waals surface area contributed by atoms with E-state index in [-0.39, 0.29) is 0 Å². The molecule has 0 amide bonds. The molecule has 1 unspecified atom stereocenters. The minimum Gasteiger partial charge on any atom is -0.286 e. The SMILES string of the molecule is Cc1ccc(C)c(C(Cc2nc(=S)[nH][nH]2)C2CC2)c1. The van der Waals surface area contributed by atoms with Crippen LogP contribution in [-0.2, 0) is 6.42 Å². The Bertz CT molecular complexity index is 637. The number of aryl methyl sites for hydroxylation is 2. The maximum atomic E-state index is 5.03. The van der Waals surface area contributed by atoms with Gasteiger partial charge in [0.25, 0.3) is 0 Å². The molecule has 100 valence electrons. The zero-order valence-corrected chi connectivity index (χ0v) is 12.2. The van der Waals surface area contributed by atoms with Gasteiger partial charge < -0.3 is 0 Å². The van der Waals surface area contributed by atoms with Gasteiger partial charge in [-0.3, -0.25) is 10.2 Å². The standard InChI is InChI=1S/C15H19N3S/c1-9-3-4-10(2)12(7-9)13(11-5-6-11)8-14-16-15(19)18-17-14/h3-4,7,11,13H,5-6,8H2,1-2H3,(H2,16,17,18,19). The summed E-state index contributed by atoms with van der Waals surface area (Å²) in [5.41, 5.74) is 4.20. The summed E-state index contributed by atoms with van der Waals surface area (Å²) in [6, 6.07) is 6.75. The predicted molar refractivity (Wildman–Crippen MR) is 78.9 cm³/mol. The molecule has 3 rings (SSSR count). The lowest BCUT2D eigenvalue weighted by Gasteiger charge is -2.18. The van der Waals surface area contributed by atoms with Gasteiger partial charge in [-0.15, -0.1) is 0 Å². The first-order valence-corrected chi connectivity index (χ1v) is 7.25. The average Bonchev–Trinajstić information content (AvgIpc) is 3.14. The van der Waals surface area contributed by atoms with Gasteiger partial charge in [-0.1, -0.05) is 23.8 Å². The Morgan fingerprint density at radius 3 is 2.74 bits per heavy atom. The number of nitrogens with one attached hydrogen (secondary N) is 2. The van der Waals surface area contributed by atoms with Crippen molar-refractivity contribution in [3.8, 4) is 0 Å². The van der Waals surface area contributed by atoms with E-state index in [1.54, 1.807) is 0 Å². The van der Waals surface area contributed by atoms with Gasteiger partial charge >= 0.3 is 0 Å². The second kappa shape index (κ2) is 4.93. The van der Waals surface area contributed by atoms with Gasteiger partial charge in [0, 0.05) is 6.42 Å². The molecule has 1 saturated carbocycles. The third-order valence-corrected chi connectivity index (χ3v) is 4.18. The number of aromatic nitrogens is 3. The lowest BCUT2D eigenvalue weighted by molar-refractivity contribution is 0.582. The molecule has 2 aromatic rings. The molecule has 3 nitrogen and oxygen atoms in total. The number of hydrogen-bond acceptors (Lipinski definition) is 2. The van der Waals surface area contributed by atoms with Crippen LogP contribution in [0.2, 0.25) is 0 Å². The van der Waals surface area contributed by atoms with Crippen LogP contribution in [-0.4, -0.2) is 15.2 Å². The van der Waals surface area contributed by atoms with Crippen LogP contribution in [0, 0.1) is 24.5 Å². The van der Waals surface area contributed by atoms with Crippen molar-refractivity contribution in [2.45, 2.75) is 39.0 Å². The summed E-state index contributed by atoms with van der Waals surface area (Å²) < 4.78 is 0.547. The number of aromatic amines is 2. The van der Waals surface area contributed by atoms with Crippen molar-refractivity contribution in [2.75, 3.05) is 0 Å². The summed E-state index contributed by atoms with van der Waals surface area (Å²) in [5, 5.41) is 5.97. The Kier molecular flexibility index (Phi) is 3.27. The number of hydrogen-bond donors (Lipinski definition) is 2. The molecule has 0 spiro atoms. The van der Waals surface area contributed by atoms with Crippen LogP contribution in [0.5, 0.6) is 0 Å². The molecule has 2 N–H and O–H groups in total. The second-order valence-corrected chi connectivity index (χ2v) is 6.01. The van der Waals surface area contributed by atoms with Gasteiger partial charge in [-0.2, -0.15) is 0 Å². The Labute approximate surface area is 118 Å². The third-order valence-electron chi connectivity index (χ3n) is 3.99. The minimum absolute atomic E-state index is 0.547. The molecule has 0 radical (unpaired) electrons. The zero-order chi connectivity index (χ0) is 13.4. The van der Waals surface area contributed by atoms with Crippen molar-refractivity contribution < 1.29 is 0 Å². The van der Waals surface area contributed by atoms with Gasteiger partial charge in [0.2, 0.25) is 4.77 Å². The summed E-state index contributed by atoms with van der Waals surface area (Å²) in [4.78, 5) is 4.34. The van der Waals surface area contributed by atoms with Crippen LogP contribution < -0.4 is 0 Å². The van der Waals surface area contributed by atoms with Gasteiger partial charge in [-0.05, 0) is 61.9 Å². The van der Waals surface area contributed by atoms with Crippen molar-refractivity contribution >= 4 is 12.2 Å². The van der Waals surface area contributed by atoms with Gasteiger partial charge in [0.05, 0.1) is 0 Å². The van der Waals surface area contributed by atoms with E-state index in [1.807, 2.05) is 0 Å². The molecular formula is C15H19N3S. The molecule has 0 aliphatic heterocycles. The van der Waals surface area contributed by atoms with E-state index in [0.717, 1.165) is 18.2 Å². The molecule has 0 saturated heterocycles. The van der Waals surface area contributed by atoms with Crippen LogP contribution in [0.3, 0.4) is 0 Å². The van der Waals surface area contributed by atoms with Crippen molar-refractivity contribution in [2.24, 2.45) is 5.92 Å². The Balaban J connectivity index is 1.92. The number of nitrogens with zero attached hydrogens (tertiary/aromatic N) is 1. The fraction of sp³-hybridized carbons (Fsp3) is 0.467. The highest BCUT2D eigenvalue weighted by Crippen LogP contribution is 2.45. The summed E-state index contributed by atoms with van der Waals surface area (Å²) >= 11 is 5.03. The van der Waals surface area contributed by atoms with Crippen LogP contribution in [0.25, 0.3) is 0 Å². The predicted octanol–water partition coefficient (Wildman–Crippen LogP) is 3.82. The molecule has 1 aromatic carbocycles. The smallest absolute Gasteiger partial charge is 0.213 e. The van der Waals surface area contributed by atoms with E-state index in [4.69, 9.17) is 12.2 Å². The van der Waals surface area contributed by atoms with Gasteiger partial charge in [0.1, 0.15) is 5.82 Å². The maximum Gasteiger partial charge on any atom is 0.213 e. The highest BCUT2D eigenvalue weighted by molar-refractivity contribution is 7.71. The molecule has 19 heavy (non-hydrogen) atoms. The maximum absolute atomic E-state index is 5.03. The zero-order valence-electron chi connectivity index (χ0n) is 11.4. The fourth-order valence-electron chi connectivity index (χ4n) is 2.80. The Morgan fingerprint density at radius 1 is 1.32 bits per heavy atom. The molecule has 1 atom stereocenters. The number of H-pyrrole nitrogens is 2. The molecule has 1 fully saturated rings. The highest BCUT2D eigenvalue weighted by Gasteiger charge is 2.33. The molecule has 1 heterocycles. The fourth-order valence-corrected chi connectivity index (χ4v) is 2.96. The Morgan fingerprint density at radius 2 is 2.11 bits per heavy atom. The first-order valence-electron chi connectivity index (χ1n) is 6.84. The summed E-state index contributed by atoms with van der Waals surface area (Å²) in [6.07, 6.45) is 3.62. The van der Waals surface area contributed by atoms with Gasteiger partial charge in [-0.25, -0.2) is 4.98 Å².